The number of furan rings is 1. The van der Waals surface area contributed by atoms with Crippen molar-refractivity contribution in [1.29, 1.82) is 0 Å². The monoisotopic (exact) mass is 560 g/mol. The van der Waals surface area contributed by atoms with Crippen LogP contribution in [0.15, 0.2) is 83.3 Å². The average molecular weight is 561 g/mol. The topological polar surface area (TPSA) is 118 Å². The summed E-state index contributed by atoms with van der Waals surface area (Å²) in [6, 6.07) is 21.6. The Kier molecular flexibility index (Phi) is 7.70. The number of carbonyl (C=O) groups is 2. The molecule has 0 bridgehead atoms. The maximum atomic E-state index is 13.1. The molecule has 0 spiro atoms. The number of methoxy groups -OCH3 is 1. The number of non-ortho nitro benzene ring substituents is 1. The number of ether oxygens (including phenoxy) is 1. The molecule has 1 aliphatic rings. The summed E-state index contributed by atoms with van der Waals surface area (Å²) in [5, 5.41) is 14.3. The molecule has 0 aliphatic carbocycles. The van der Waals surface area contributed by atoms with Gasteiger partial charge in [0.05, 0.1) is 17.6 Å². The lowest BCUT2D eigenvalue weighted by Gasteiger charge is -2.36. The summed E-state index contributed by atoms with van der Waals surface area (Å²) in [7, 11) is 1.52. The number of nitrogens with one attached hydrogen (secondary N) is 1. The van der Waals surface area contributed by atoms with Crippen LogP contribution in [0.3, 0.4) is 0 Å². The Morgan fingerprint density at radius 3 is 2.42 bits per heavy atom. The van der Waals surface area contributed by atoms with Gasteiger partial charge in [-0.05, 0) is 54.6 Å². The van der Waals surface area contributed by atoms with E-state index in [1.165, 1.54) is 25.3 Å². The fourth-order valence-electron chi connectivity index (χ4n) is 4.52. The summed E-state index contributed by atoms with van der Waals surface area (Å²) in [5.41, 5.74) is 2.44. The largest absolute Gasteiger partial charge is 0.496 e. The minimum absolute atomic E-state index is 0.0608. The highest BCUT2D eigenvalue weighted by Crippen LogP contribution is 2.28. The van der Waals surface area contributed by atoms with Crippen LogP contribution in [0.1, 0.15) is 20.9 Å². The minimum atomic E-state index is -0.484. The number of nitro groups is 1. The molecule has 1 N–H and O–H groups in total. The Morgan fingerprint density at radius 1 is 0.975 bits per heavy atom. The normalized spacial score (nSPS) is 13.2. The van der Waals surface area contributed by atoms with Crippen LogP contribution >= 0.6 is 11.6 Å². The summed E-state index contributed by atoms with van der Waals surface area (Å²) in [6.07, 6.45) is 0. The van der Waals surface area contributed by atoms with Crippen LogP contribution in [0.5, 0.6) is 5.75 Å². The molecule has 0 saturated carbocycles. The molecule has 204 valence electrons. The van der Waals surface area contributed by atoms with Gasteiger partial charge in [-0.3, -0.25) is 19.7 Å². The second kappa shape index (κ2) is 11.5. The summed E-state index contributed by atoms with van der Waals surface area (Å²) in [5.74, 6) is 0.374. The molecule has 1 aromatic heterocycles. The van der Waals surface area contributed by atoms with Crippen LogP contribution in [-0.2, 0) is 0 Å². The predicted molar refractivity (Wildman–Crippen MR) is 151 cm³/mol. The number of nitro benzene ring substituents is 1. The quantitative estimate of drug-likeness (QED) is 0.226. The fourth-order valence-corrected chi connectivity index (χ4v) is 4.69. The molecule has 11 heteroatoms. The summed E-state index contributed by atoms with van der Waals surface area (Å²) in [4.78, 5) is 40.3. The number of piperazine rings is 1. The van der Waals surface area contributed by atoms with E-state index in [2.05, 4.69) is 10.2 Å². The van der Waals surface area contributed by atoms with Gasteiger partial charge in [-0.2, -0.15) is 0 Å². The molecule has 0 radical (unpaired) electrons. The highest BCUT2D eigenvalue weighted by Gasteiger charge is 2.25. The van der Waals surface area contributed by atoms with Crippen molar-refractivity contribution < 1.29 is 23.7 Å². The SMILES string of the molecule is COc1ccc(Cl)cc1C(=O)N1CCN(c2ccc(NC(=O)c3ccc(-c4cccc([N+](=O)[O-])c4)o3)cc2)CC1. The molecule has 1 fully saturated rings. The highest BCUT2D eigenvalue weighted by atomic mass is 35.5. The Labute approximate surface area is 234 Å². The Bertz CT molecular complexity index is 1560. The van der Waals surface area contributed by atoms with Crippen LogP contribution in [0.4, 0.5) is 17.1 Å². The van der Waals surface area contributed by atoms with Crippen molar-refractivity contribution in [3.05, 3.63) is 105 Å². The number of hydrogen-bond donors (Lipinski definition) is 1. The number of anilines is 2. The molecule has 10 nitrogen and oxygen atoms in total. The third kappa shape index (κ3) is 5.76. The fraction of sp³-hybridized carbons (Fsp3) is 0.172. The van der Waals surface area contributed by atoms with Crippen molar-refractivity contribution in [2.45, 2.75) is 0 Å². The molecule has 1 aliphatic heterocycles. The number of halogens is 1. The van der Waals surface area contributed by atoms with Crippen LogP contribution in [0.25, 0.3) is 11.3 Å². The highest BCUT2D eigenvalue weighted by molar-refractivity contribution is 6.31. The molecular weight excluding hydrogens is 536 g/mol. The minimum Gasteiger partial charge on any atom is -0.496 e. The number of nitrogens with zero attached hydrogens (tertiary/aromatic N) is 3. The summed E-state index contributed by atoms with van der Waals surface area (Å²) in [6.45, 7) is 2.37. The first kappa shape index (κ1) is 26.8. The molecule has 0 atom stereocenters. The zero-order valence-electron chi connectivity index (χ0n) is 21.5. The van der Waals surface area contributed by atoms with Crippen molar-refractivity contribution in [3.8, 4) is 17.1 Å². The second-order valence-corrected chi connectivity index (χ2v) is 9.53. The van der Waals surface area contributed by atoms with E-state index >= 15 is 0 Å². The smallest absolute Gasteiger partial charge is 0.291 e. The van der Waals surface area contributed by atoms with Crippen molar-refractivity contribution in [1.82, 2.24) is 4.90 Å². The first-order valence-electron chi connectivity index (χ1n) is 12.5. The van der Waals surface area contributed by atoms with Crippen LogP contribution in [-0.4, -0.2) is 54.9 Å². The van der Waals surface area contributed by atoms with Crippen LogP contribution in [0, 0.1) is 10.1 Å². The van der Waals surface area contributed by atoms with Crippen molar-refractivity contribution in [3.63, 3.8) is 0 Å². The summed E-state index contributed by atoms with van der Waals surface area (Å²) >= 11 is 6.09. The van der Waals surface area contributed by atoms with E-state index in [-0.39, 0.29) is 17.4 Å². The van der Waals surface area contributed by atoms with Gasteiger partial charge < -0.3 is 24.3 Å². The van der Waals surface area contributed by atoms with Crippen molar-refractivity contribution in [2.24, 2.45) is 0 Å². The van der Waals surface area contributed by atoms with Gasteiger partial charge in [0.25, 0.3) is 17.5 Å². The zero-order valence-corrected chi connectivity index (χ0v) is 22.3. The van der Waals surface area contributed by atoms with Gasteiger partial charge in [-0.15, -0.1) is 0 Å². The third-order valence-electron chi connectivity index (χ3n) is 6.62. The standard InChI is InChI=1S/C29H25ClN4O6/c1-39-26-10-5-20(30)18-24(26)29(36)33-15-13-32(14-16-33)22-8-6-21(7-9-22)31-28(35)27-12-11-25(40-27)19-3-2-4-23(17-19)34(37)38/h2-12,17-18H,13-16H2,1H3,(H,31,35). The first-order valence-corrected chi connectivity index (χ1v) is 12.8. The van der Waals surface area contributed by atoms with E-state index in [4.69, 9.17) is 20.8 Å². The summed E-state index contributed by atoms with van der Waals surface area (Å²) < 4.78 is 11.0. The van der Waals surface area contributed by atoms with E-state index in [0.29, 0.717) is 59.5 Å². The Balaban J connectivity index is 1.18. The van der Waals surface area contributed by atoms with Gasteiger partial charge >= 0.3 is 0 Å². The molecule has 0 unspecified atom stereocenters. The molecule has 2 amide bonds. The average Bonchev–Trinajstić information content (AvgIpc) is 3.48. The number of amides is 2. The van der Waals surface area contributed by atoms with Gasteiger partial charge in [0.1, 0.15) is 11.5 Å². The zero-order chi connectivity index (χ0) is 28.2. The van der Waals surface area contributed by atoms with Gasteiger partial charge in [-0.25, -0.2) is 0 Å². The van der Waals surface area contributed by atoms with Crippen LogP contribution in [0.2, 0.25) is 5.02 Å². The van der Waals surface area contributed by atoms with E-state index in [1.807, 2.05) is 12.1 Å². The molecule has 2 heterocycles. The second-order valence-electron chi connectivity index (χ2n) is 9.10. The Morgan fingerprint density at radius 2 is 1.73 bits per heavy atom. The number of rotatable bonds is 7. The lowest BCUT2D eigenvalue weighted by Crippen LogP contribution is -2.48. The first-order chi connectivity index (χ1) is 19.3. The molecular formula is C29H25ClN4O6. The van der Waals surface area contributed by atoms with Crippen molar-refractivity contribution in [2.75, 3.05) is 43.5 Å². The number of hydrogen-bond acceptors (Lipinski definition) is 7. The van der Waals surface area contributed by atoms with E-state index in [1.54, 1.807) is 53.4 Å². The molecule has 4 aromatic rings. The Hall–Kier alpha value is -4.83. The number of carbonyl (C=O) groups excluding carboxylic acids is 2. The lowest BCUT2D eigenvalue weighted by atomic mass is 10.1. The van der Waals surface area contributed by atoms with E-state index < -0.39 is 10.8 Å². The van der Waals surface area contributed by atoms with E-state index in [9.17, 15) is 19.7 Å². The van der Waals surface area contributed by atoms with Crippen molar-refractivity contribution >= 4 is 40.5 Å². The van der Waals surface area contributed by atoms with Gasteiger partial charge in [0.2, 0.25) is 0 Å². The van der Waals surface area contributed by atoms with Crippen LogP contribution < -0.4 is 15.0 Å². The molecule has 3 aromatic carbocycles. The van der Waals surface area contributed by atoms with Gasteiger partial charge in [-0.1, -0.05) is 23.7 Å². The third-order valence-corrected chi connectivity index (χ3v) is 6.86. The maximum Gasteiger partial charge on any atom is 0.291 e. The van der Waals surface area contributed by atoms with E-state index in [0.717, 1.165) is 5.69 Å². The molecule has 40 heavy (non-hydrogen) atoms. The number of benzene rings is 3. The van der Waals surface area contributed by atoms with Gasteiger partial charge in [0.15, 0.2) is 5.76 Å². The predicted octanol–water partition coefficient (Wildman–Crippen LogP) is 5.73. The van der Waals surface area contributed by atoms with Gasteiger partial charge in [0, 0.05) is 60.3 Å². The maximum absolute atomic E-state index is 13.1. The molecule has 1 saturated heterocycles. The molecule has 5 rings (SSSR count). The lowest BCUT2D eigenvalue weighted by molar-refractivity contribution is -0.384.